The molecule has 1 aromatic heterocycles. The number of sulfonamides is 1. The average molecular weight is 631 g/mol. The number of amides is 1. The quantitative estimate of drug-likeness (QED) is 0.286. The first-order chi connectivity index (χ1) is 20.2. The van der Waals surface area contributed by atoms with E-state index in [0.29, 0.717) is 33.7 Å². The van der Waals surface area contributed by atoms with Gasteiger partial charge in [-0.2, -0.15) is 0 Å². The van der Waals surface area contributed by atoms with Gasteiger partial charge in [-0.1, -0.05) is 0 Å². The van der Waals surface area contributed by atoms with Gasteiger partial charge in [0.25, 0.3) is 5.91 Å². The van der Waals surface area contributed by atoms with Crippen molar-refractivity contribution < 1.29 is 39.9 Å². The SMILES string of the molecule is CNC(=O)c1c(-c2ccc(Oc3ccc(F)cc3)cc2)oc2cc3c(cc12)C(C)OC(CCS(C)(=O)=O)CN3S(C)(=O)=O. The first-order valence-corrected chi connectivity index (χ1v) is 17.3. The minimum atomic E-state index is -3.80. The number of halogens is 1. The second kappa shape index (κ2) is 11.6. The zero-order chi connectivity index (χ0) is 31.1. The lowest BCUT2D eigenvalue weighted by Gasteiger charge is -2.24. The zero-order valence-corrected chi connectivity index (χ0v) is 25.6. The van der Waals surface area contributed by atoms with Crippen LogP contribution in [0.25, 0.3) is 22.3 Å². The third-order valence-corrected chi connectivity index (χ3v) is 9.26. The Bertz CT molecular complexity index is 1890. The number of ether oxygens (including phenoxy) is 2. The number of benzene rings is 3. The van der Waals surface area contributed by atoms with Crippen molar-refractivity contribution in [2.75, 3.05) is 36.2 Å². The fraction of sp³-hybridized carbons (Fsp3) is 0.300. The summed E-state index contributed by atoms with van der Waals surface area (Å²) in [5.74, 6) is 0.273. The Morgan fingerprint density at radius 1 is 1.02 bits per heavy atom. The summed E-state index contributed by atoms with van der Waals surface area (Å²) in [7, 11) is -5.60. The smallest absolute Gasteiger partial charge is 0.255 e. The molecule has 10 nitrogen and oxygen atoms in total. The summed E-state index contributed by atoms with van der Waals surface area (Å²) in [4.78, 5) is 13.2. The lowest BCUT2D eigenvalue weighted by molar-refractivity contribution is 0.00536. The van der Waals surface area contributed by atoms with Crippen molar-refractivity contribution in [2.45, 2.75) is 25.6 Å². The van der Waals surface area contributed by atoms with Gasteiger partial charge in [0.05, 0.1) is 42.0 Å². The number of hydrogen-bond donors (Lipinski definition) is 1. The highest BCUT2D eigenvalue weighted by Crippen LogP contribution is 2.42. The fourth-order valence-corrected chi connectivity index (χ4v) is 6.71. The molecule has 0 saturated carbocycles. The van der Waals surface area contributed by atoms with E-state index in [1.165, 1.54) is 35.6 Å². The average Bonchev–Trinajstić information content (AvgIpc) is 3.25. The largest absolute Gasteiger partial charge is 0.457 e. The summed E-state index contributed by atoms with van der Waals surface area (Å²) in [5.41, 5.74) is 1.95. The minimum Gasteiger partial charge on any atom is -0.457 e. The predicted octanol–water partition coefficient (Wildman–Crippen LogP) is 5.05. The van der Waals surface area contributed by atoms with E-state index in [4.69, 9.17) is 13.9 Å². The molecule has 0 fully saturated rings. The normalized spacial score (nSPS) is 17.4. The van der Waals surface area contributed by atoms with E-state index in [2.05, 4.69) is 5.32 Å². The van der Waals surface area contributed by atoms with E-state index in [-0.39, 0.29) is 41.4 Å². The van der Waals surface area contributed by atoms with Crippen molar-refractivity contribution >= 4 is 42.4 Å². The molecule has 0 spiro atoms. The number of anilines is 1. The molecule has 2 atom stereocenters. The molecule has 3 aromatic carbocycles. The van der Waals surface area contributed by atoms with Crippen LogP contribution in [0, 0.1) is 5.82 Å². The van der Waals surface area contributed by atoms with E-state index in [1.54, 1.807) is 43.3 Å². The number of rotatable bonds is 8. The van der Waals surface area contributed by atoms with Gasteiger partial charge in [-0.15, -0.1) is 0 Å². The molecule has 0 bridgehead atoms. The second-order valence-electron chi connectivity index (χ2n) is 10.5. The van der Waals surface area contributed by atoms with Gasteiger partial charge in [-0.3, -0.25) is 9.10 Å². The van der Waals surface area contributed by atoms with Crippen LogP contribution in [0.15, 0.2) is 65.1 Å². The number of hydrogen-bond acceptors (Lipinski definition) is 8. The monoisotopic (exact) mass is 630 g/mol. The molecular weight excluding hydrogens is 599 g/mol. The molecule has 0 aliphatic carbocycles. The lowest BCUT2D eigenvalue weighted by atomic mass is 10.0. The van der Waals surface area contributed by atoms with E-state index in [1.807, 2.05) is 0 Å². The highest BCUT2D eigenvalue weighted by Gasteiger charge is 2.34. The molecule has 0 saturated heterocycles. The van der Waals surface area contributed by atoms with E-state index < -0.39 is 38.0 Å². The first kappa shape index (κ1) is 30.5. The maximum absolute atomic E-state index is 13.2. The number of nitrogens with zero attached hydrogens (tertiary/aromatic N) is 1. The van der Waals surface area contributed by atoms with Crippen LogP contribution in [-0.2, 0) is 24.6 Å². The van der Waals surface area contributed by atoms with Gasteiger partial charge in [0.2, 0.25) is 10.0 Å². The Kier molecular flexibility index (Phi) is 8.25. The number of nitrogens with one attached hydrogen (secondary N) is 1. The number of fused-ring (bicyclic) bond motifs is 2. The van der Waals surface area contributed by atoms with Crippen molar-refractivity contribution in [1.82, 2.24) is 5.32 Å². The van der Waals surface area contributed by atoms with Gasteiger partial charge < -0.3 is 19.2 Å². The Hall–Kier alpha value is -3.94. The molecule has 228 valence electrons. The van der Waals surface area contributed by atoms with E-state index >= 15 is 0 Å². The maximum Gasteiger partial charge on any atom is 0.255 e. The molecule has 13 heteroatoms. The molecule has 4 aromatic rings. The van der Waals surface area contributed by atoms with Gasteiger partial charge in [0, 0.05) is 35.9 Å². The Balaban J connectivity index is 1.57. The summed E-state index contributed by atoms with van der Waals surface area (Å²) in [6.07, 6.45) is 1.02. The van der Waals surface area contributed by atoms with Crippen molar-refractivity contribution in [1.29, 1.82) is 0 Å². The molecule has 1 aliphatic rings. The topological polar surface area (TPSA) is 132 Å². The lowest BCUT2D eigenvalue weighted by Crippen LogP contribution is -2.37. The predicted molar refractivity (Wildman–Crippen MR) is 161 cm³/mol. The van der Waals surface area contributed by atoms with E-state index in [0.717, 1.165) is 12.5 Å². The summed E-state index contributed by atoms with van der Waals surface area (Å²) in [5, 5.41) is 3.10. The molecule has 1 N–H and O–H groups in total. The van der Waals surface area contributed by atoms with Crippen molar-refractivity contribution in [3.8, 4) is 22.8 Å². The van der Waals surface area contributed by atoms with Gasteiger partial charge in [-0.25, -0.2) is 21.2 Å². The fourth-order valence-electron chi connectivity index (χ4n) is 5.06. The summed E-state index contributed by atoms with van der Waals surface area (Å²) < 4.78 is 82.1. The van der Waals surface area contributed by atoms with Crippen LogP contribution < -0.4 is 14.4 Å². The Labute approximate surface area is 249 Å². The van der Waals surface area contributed by atoms with Crippen molar-refractivity contribution in [2.24, 2.45) is 0 Å². The second-order valence-corrected chi connectivity index (χ2v) is 14.7. The minimum absolute atomic E-state index is 0.0808. The molecule has 2 heterocycles. The third-order valence-electron chi connectivity index (χ3n) is 7.14. The van der Waals surface area contributed by atoms with Gasteiger partial charge in [0.1, 0.15) is 38.5 Å². The van der Waals surface area contributed by atoms with E-state index in [9.17, 15) is 26.0 Å². The summed E-state index contributed by atoms with van der Waals surface area (Å²) in [6, 6.07) is 15.7. The number of furan rings is 1. The van der Waals surface area contributed by atoms with Crippen LogP contribution in [0.5, 0.6) is 11.5 Å². The molecule has 2 unspecified atom stereocenters. The van der Waals surface area contributed by atoms with Crippen molar-refractivity contribution in [3.63, 3.8) is 0 Å². The van der Waals surface area contributed by atoms with Crippen LogP contribution in [0.1, 0.15) is 35.4 Å². The molecule has 1 aliphatic heterocycles. The molecule has 0 radical (unpaired) electrons. The van der Waals surface area contributed by atoms with Crippen LogP contribution in [-0.4, -0.2) is 60.7 Å². The highest BCUT2D eigenvalue weighted by molar-refractivity contribution is 7.92. The van der Waals surface area contributed by atoms with Gasteiger partial charge in [-0.05, 0) is 67.9 Å². The van der Waals surface area contributed by atoms with Gasteiger partial charge >= 0.3 is 0 Å². The standard InChI is InChI=1S/C30H31FN2O8S2/c1-18-24-15-25-27(16-26(24)33(43(4,37)38)17-23(39-18)13-14-42(3,35)36)41-29(28(25)30(34)32-2)19-5-9-21(10-6-19)40-22-11-7-20(31)8-12-22/h5-12,15-16,18,23H,13-14,17H2,1-4H3,(H,32,34). The zero-order valence-electron chi connectivity index (χ0n) is 24.0. The maximum atomic E-state index is 13.2. The van der Waals surface area contributed by atoms with Crippen LogP contribution >= 0.6 is 0 Å². The third kappa shape index (κ3) is 6.68. The van der Waals surface area contributed by atoms with Crippen molar-refractivity contribution in [3.05, 3.63) is 77.6 Å². The van der Waals surface area contributed by atoms with Gasteiger partial charge in [0.15, 0.2) is 0 Å². The summed E-state index contributed by atoms with van der Waals surface area (Å²) >= 11 is 0. The van der Waals surface area contributed by atoms with Crippen LogP contribution in [0.2, 0.25) is 0 Å². The summed E-state index contributed by atoms with van der Waals surface area (Å²) in [6.45, 7) is 1.67. The molecule has 1 amide bonds. The number of carbonyl (C=O) groups excluding carboxylic acids is 1. The molecule has 43 heavy (non-hydrogen) atoms. The first-order valence-electron chi connectivity index (χ1n) is 13.4. The Morgan fingerprint density at radius 3 is 2.23 bits per heavy atom. The Morgan fingerprint density at radius 2 is 1.65 bits per heavy atom. The highest BCUT2D eigenvalue weighted by atomic mass is 32.2. The number of sulfone groups is 1. The van der Waals surface area contributed by atoms with Crippen LogP contribution in [0.4, 0.5) is 10.1 Å². The molecule has 5 rings (SSSR count). The van der Waals surface area contributed by atoms with Crippen LogP contribution in [0.3, 0.4) is 0 Å². The molecular formula is C30H31FN2O8S2. The number of carbonyl (C=O) groups is 1.